The Balaban J connectivity index is 1.80. The number of aliphatic hydroxyl groups excluding tert-OH is 1. The van der Waals surface area contributed by atoms with E-state index in [1.165, 1.54) is 30.4 Å². The lowest BCUT2D eigenvalue weighted by molar-refractivity contribution is 0.104. The van der Waals surface area contributed by atoms with Crippen molar-refractivity contribution in [2.45, 2.75) is 39.2 Å². The first-order chi connectivity index (χ1) is 7.63. The maximum Gasteiger partial charge on any atom is 0.0818 e. The molecule has 2 saturated carbocycles. The van der Waals surface area contributed by atoms with E-state index in [4.69, 9.17) is 0 Å². The molecule has 1 heteroatoms. The third-order valence-corrected chi connectivity index (χ3v) is 4.31. The molecule has 0 aliphatic heterocycles. The molecule has 2 aliphatic carbocycles. The molecule has 1 N–H and O–H groups in total. The van der Waals surface area contributed by atoms with Gasteiger partial charge in [-0.05, 0) is 56.4 Å². The lowest BCUT2D eigenvalue weighted by atomic mass is 9.90. The van der Waals surface area contributed by atoms with E-state index in [2.05, 4.69) is 32.0 Å². The topological polar surface area (TPSA) is 20.2 Å². The van der Waals surface area contributed by atoms with E-state index in [1.807, 2.05) is 0 Å². The molecule has 3 atom stereocenters. The largest absolute Gasteiger partial charge is 0.388 e. The van der Waals surface area contributed by atoms with Gasteiger partial charge in [-0.3, -0.25) is 0 Å². The molecule has 16 heavy (non-hydrogen) atoms. The second-order valence-corrected chi connectivity index (χ2v) is 5.85. The maximum absolute atomic E-state index is 10.4. The summed E-state index contributed by atoms with van der Waals surface area (Å²) in [7, 11) is 0. The van der Waals surface area contributed by atoms with Gasteiger partial charge in [-0.2, -0.15) is 0 Å². The second-order valence-electron chi connectivity index (χ2n) is 5.85. The second kappa shape index (κ2) is 3.59. The molecule has 3 unspecified atom stereocenters. The quantitative estimate of drug-likeness (QED) is 0.803. The van der Waals surface area contributed by atoms with Crippen LogP contribution in [0.4, 0.5) is 0 Å². The van der Waals surface area contributed by atoms with Gasteiger partial charge in [0.25, 0.3) is 0 Å². The zero-order chi connectivity index (χ0) is 11.3. The van der Waals surface area contributed by atoms with E-state index in [-0.39, 0.29) is 6.10 Å². The van der Waals surface area contributed by atoms with Crippen LogP contribution in [0.25, 0.3) is 0 Å². The molecule has 1 nitrogen and oxygen atoms in total. The van der Waals surface area contributed by atoms with Crippen molar-refractivity contribution < 1.29 is 5.11 Å². The number of aliphatic hydroxyl groups is 1. The van der Waals surface area contributed by atoms with E-state index in [0.717, 1.165) is 17.4 Å². The molecule has 2 aliphatic rings. The summed E-state index contributed by atoms with van der Waals surface area (Å²) < 4.78 is 0. The SMILES string of the molecule is Cc1cc(C)cc(C(O)C2CC3CC3C2)c1. The molecule has 0 amide bonds. The van der Waals surface area contributed by atoms with Gasteiger partial charge in [0.1, 0.15) is 0 Å². The van der Waals surface area contributed by atoms with Gasteiger partial charge in [0.05, 0.1) is 6.10 Å². The van der Waals surface area contributed by atoms with Crippen molar-refractivity contribution in [3.05, 3.63) is 34.9 Å². The fraction of sp³-hybridized carbons (Fsp3) is 0.600. The normalized spacial score (nSPS) is 33.6. The van der Waals surface area contributed by atoms with Gasteiger partial charge < -0.3 is 5.11 Å². The van der Waals surface area contributed by atoms with Gasteiger partial charge in [0, 0.05) is 0 Å². The van der Waals surface area contributed by atoms with E-state index >= 15 is 0 Å². The van der Waals surface area contributed by atoms with Crippen LogP contribution in [0.3, 0.4) is 0 Å². The van der Waals surface area contributed by atoms with Gasteiger partial charge in [0.2, 0.25) is 0 Å². The summed E-state index contributed by atoms with van der Waals surface area (Å²) >= 11 is 0. The van der Waals surface area contributed by atoms with Crippen LogP contribution in [-0.4, -0.2) is 5.11 Å². The first-order valence-corrected chi connectivity index (χ1v) is 6.40. The lowest BCUT2D eigenvalue weighted by Crippen LogP contribution is -2.11. The molecular weight excluding hydrogens is 196 g/mol. The van der Waals surface area contributed by atoms with Crippen LogP contribution in [0, 0.1) is 31.6 Å². The Bertz CT molecular complexity index is 380. The van der Waals surface area contributed by atoms with Gasteiger partial charge in [-0.1, -0.05) is 29.3 Å². The minimum absolute atomic E-state index is 0.230. The number of benzene rings is 1. The van der Waals surface area contributed by atoms with E-state index in [9.17, 15) is 5.11 Å². The van der Waals surface area contributed by atoms with Crippen LogP contribution < -0.4 is 0 Å². The Morgan fingerprint density at radius 2 is 1.56 bits per heavy atom. The van der Waals surface area contributed by atoms with Crippen LogP contribution in [-0.2, 0) is 0 Å². The smallest absolute Gasteiger partial charge is 0.0818 e. The summed E-state index contributed by atoms with van der Waals surface area (Å²) in [6, 6.07) is 6.45. The maximum atomic E-state index is 10.4. The van der Waals surface area contributed by atoms with E-state index in [1.54, 1.807) is 0 Å². The highest BCUT2D eigenvalue weighted by Gasteiger charge is 2.47. The predicted octanol–water partition coefficient (Wildman–Crippen LogP) is 3.38. The minimum atomic E-state index is -0.230. The van der Waals surface area contributed by atoms with E-state index in [0.29, 0.717) is 5.92 Å². The molecule has 3 rings (SSSR count). The number of hydrogen-bond donors (Lipinski definition) is 1. The van der Waals surface area contributed by atoms with Gasteiger partial charge in [0.15, 0.2) is 0 Å². The Hall–Kier alpha value is -0.820. The summed E-state index contributed by atoms with van der Waals surface area (Å²) in [4.78, 5) is 0. The molecule has 2 fully saturated rings. The molecule has 86 valence electrons. The molecule has 0 heterocycles. The summed E-state index contributed by atoms with van der Waals surface area (Å²) in [5.41, 5.74) is 3.65. The standard InChI is InChI=1S/C15H20O/c1-9-3-10(2)5-13(4-9)15(16)14-7-11-6-12(11)8-14/h3-5,11-12,14-16H,6-8H2,1-2H3. The molecule has 0 saturated heterocycles. The van der Waals surface area contributed by atoms with Crippen molar-refractivity contribution in [1.29, 1.82) is 0 Å². The van der Waals surface area contributed by atoms with Crippen molar-refractivity contribution in [2.75, 3.05) is 0 Å². The highest BCUT2D eigenvalue weighted by atomic mass is 16.3. The van der Waals surface area contributed by atoms with Gasteiger partial charge in [-0.15, -0.1) is 0 Å². The predicted molar refractivity (Wildman–Crippen MR) is 65.2 cm³/mol. The minimum Gasteiger partial charge on any atom is -0.388 e. The lowest BCUT2D eigenvalue weighted by Gasteiger charge is -2.20. The number of rotatable bonds is 2. The first-order valence-electron chi connectivity index (χ1n) is 6.40. The Morgan fingerprint density at radius 3 is 2.12 bits per heavy atom. The molecule has 1 aromatic carbocycles. The van der Waals surface area contributed by atoms with Crippen molar-refractivity contribution in [1.82, 2.24) is 0 Å². The molecule has 0 spiro atoms. The fourth-order valence-corrected chi connectivity index (χ4v) is 3.47. The molecular formula is C15H20O. The van der Waals surface area contributed by atoms with Crippen LogP contribution in [0.2, 0.25) is 0 Å². The Kier molecular flexibility index (Phi) is 2.32. The van der Waals surface area contributed by atoms with Gasteiger partial charge in [-0.25, -0.2) is 0 Å². The summed E-state index contributed by atoms with van der Waals surface area (Å²) in [5, 5.41) is 10.4. The third kappa shape index (κ3) is 1.78. The van der Waals surface area contributed by atoms with Crippen molar-refractivity contribution in [3.8, 4) is 0 Å². The summed E-state index contributed by atoms with van der Waals surface area (Å²) in [6.45, 7) is 4.21. The Labute approximate surface area is 97.5 Å². The van der Waals surface area contributed by atoms with Crippen LogP contribution in [0.15, 0.2) is 18.2 Å². The van der Waals surface area contributed by atoms with E-state index < -0.39 is 0 Å². The molecule has 1 aromatic rings. The summed E-state index contributed by atoms with van der Waals surface area (Å²) in [5.74, 6) is 2.42. The third-order valence-electron chi connectivity index (χ3n) is 4.31. The Morgan fingerprint density at radius 1 is 1.00 bits per heavy atom. The highest BCUT2D eigenvalue weighted by molar-refractivity contribution is 5.30. The highest BCUT2D eigenvalue weighted by Crippen LogP contribution is 2.57. The number of fused-ring (bicyclic) bond motifs is 1. The van der Waals surface area contributed by atoms with Crippen molar-refractivity contribution in [3.63, 3.8) is 0 Å². The van der Waals surface area contributed by atoms with Crippen LogP contribution in [0.1, 0.15) is 42.1 Å². The zero-order valence-electron chi connectivity index (χ0n) is 10.1. The average molecular weight is 216 g/mol. The molecule has 0 bridgehead atoms. The monoisotopic (exact) mass is 216 g/mol. The number of hydrogen-bond acceptors (Lipinski definition) is 1. The van der Waals surface area contributed by atoms with Crippen molar-refractivity contribution >= 4 is 0 Å². The summed E-state index contributed by atoms with van der Waals surface area (Å²) in [6.07, 6.45) is 3.69. The first kappa shape index (κ1) is 10.3. The fourth-order valence-electron chi connectivity index (χ4n) is 3.47. The molecule has 0 radical (unpaired) electrons. The van der Waals surface area contributed by atoms with Crippen LogP contribution >= 0.6 is 0 Å². The van der Waals surface area contributed by atoms with Crippen molar-refractivity contribution in [2.24, 2.45) is 17.8 Å². The molecule has 0 aromatic heterocycles. The van der Waals surface area contributed by atoms with Gasteiger partial charge >= 0.3 is 0 Å². The number of aryl methyl sites for hydroxylation is 2. The zero-order valence-corrected chi connectivity index (χ0v) is 10.1. The van der Waals surface area contributed by atoms with Crippen LogP contribution in [0.5, 0.6) is 0 Å². The average Bonchev–Trinajstić information content (AvgIpc) is 2.83.